The van der Waals surface area contributed by atoms with Gasteiger partial charge in [-0.2, -0.15) is 13.9 Å². The molecule has 0 spiro atoms. The van der Waals surface area contributed by atoms with Crippen molar-refractivity contribution in [2.75, 3.05) is 5.32 Å². The van der Waals surface area contributed by atoms with Crippen LogP contribution in [0.5, 0.6) is 5.75 Å². The van der Waals surface area contributed by atoms with E-state index in [1.54, 1.807) is 12.3 Å². The SMILES string of the molecule is O=C(/C=C\c1ccc(OC(F)F)cc1)Nc1nn(Cc2c(F)cccc2Cl)cc1Br. The number of alkyl halides is 2. The van der Waals surface area contributed by atoms with Crippen molar-refractivity contribution >= 4 is 45.3 Å². The van der Waals surface area contributed by atoms with Crippen molar-refractivity contribution < 1.29 is 22.7 Å². The van der Waals surface area contributed by atoms with E-state index in [1.807, 2.05) is 0 Å². The van der Waals surface area contributed by atoms with E-state index in [0.29, 0.717) is 10.0 Å². The zero-order chi connectivity index (χ0) is 21.7. The van der Waals surface area contributed by atoms with Gasteiger partial charge in [0.25, 0.3) is 0 Å². The normalized spacial score (nSPS) is 11.3. The Morgan fingerprint density at radius 2 is 2.00 bits per heavy atom. The molecule has 3 aromatic rings. The van der Waals surface area contributed by atoms with Crippen LogP contribution in [0.1, 0.15) is 11.1 Å². The zero-order valence-electron chi connectivity index (χ0n) is 15.2. The Bertz CT molecular complexity index is 1050. The highest BCUT2D eigenvalue weighted by Gasteiger charge is 2.12. The van der Waals surface area contributed by atoms with E-state index in [2.05, 4.69) is 31.1 Å². The third kappa shape index (κ3) is 5.87. The summed E-state index contributed by atoms with van der Waals surface area (Å²) in [6, 6.07) is 10.2. The van der Waals surface area contributed by atoms with Crippen LogP contribution in [0.4, 0.5) is 19.0 Å². The molecule has 2 aromatic carbocycles. The van der Waals surface area contributed by atoms with Gasteiger partial charge >= 0.3 is 6.61 Å². The molecule has 0 saturated carbocycles. The molecule has 0 aliphatic heterocycles. The number of carbonyl (C=O) groups is 1. The van der Waals surface area contributed by atoms with Crippen LogP contribution < -0.4 is 10.1 Å². The number of carbonyl (C=O) groups excluding carboxylic acids is 1. The monoisotopic (exact) mass is 499 g/mol. The molecule has 0 bridgehead atoms. The molecule has 0 aliphatic carbocycles. The molecular formula is C20H14BrClF3N3O2. The highest BCUT2D eigenvalue weighted by Crippen LogP contribution is 2.24. The molecule has 0 aliphatic rings. The first kappa shape index (κ1) is 21.9. The Hall–Kier alpha value is -2.78. The summed E-state index contributed by atoms with van der Waals surface area (Å²) in [5.74, 6) is -0.640. The van der Waals surface area contributed by atoms with E-state index in [4.69, 9.17) is 11.6 Å². The molecule has 5 nitrogen and oxygen atoms in total. The predicted octanol–water partition coefficient (Wildman–Crippen LogP) is 5.74. The number of nitrogens with one attached hydrogen (secondary N) is 1. The first-order valence-electron chi connectivity index (χ1n) is 8.51. The van der Waals surface area contributed by atoms with Crippen LogP contribution in [0.15, 0.2) is 59.2 Å². The van der Waals surface area contributed by atoms with E-state index >= 15 is 0 Å². The Morgan fingerprint density at radius 3 is 2.67 bits per heavy atom. The number of nitrogens with zero attached hydrogens (tertiary/aromatic N) is 2. The minimum absolute atomic E-state index is 0.0241. The molecule has 1 N–H and O–H groups in total. The van der Waals surface area contributed by atoms with E-state index in [-0.39, 0.29) is 28.7 Å². The largest absolute Gasteiger partial charge is 0.435 e. The molecule has 3 rings (SSSR count). The van der Waals surface area contributed by atoms with Gasteiger partial charge in [-0.1, -0.05) is 29.8 Å². The van der Waals surface area contributed by atoms with Gasteiger partial charge in [0.1, 0.15) is 11.6 Å². The lowest BCUT2D eigenvalue weighted by Gasteiger charge is -2.05. The third-order valence-corrected chi connectivity index (χ3v) is 4.81. The highest BCUT2D eigenvalue weighted by molar-refractivity contribution is 9.10. The van der Waals surface area contributed by atoms with Crippen molar-refractivity contribution in [1.29, 1.82) is 0 Å². The molecule has 0 fully saturated rings. The van der Waals surface area contributed by atoms with Crippen LogP contribution in [0.3, 0.4) is 0 Å². The first-order valence-corrected chi connectivity index (χ1v) is 9.68. The predicted molar refractivity (Wildman–Crippen MR) is 111 cm³/mol. The molecule has 0 unspecified atom stereocenters. The lowest BCUT2D eigenvalue weighted by Crippen LogP contribution is -2.10. The van der Waals surface area contributed by atoms with Crippen LogP contribution in [0, 0.1) is 5.82 Å². The fourth-order valence-corrected chi connectivity index (χ4v) is 3.14. The number of hydrogen-bond donors (Lipinski definition) is 1. The van der Waals surface area contributed by atoms with Crippen LogP contribution >= 0.6 is 27.5 Å². The quantitative estimate of drug-likeness (QED) is 0.421. The minimum atomic E-state index is -2.90. The standard InChI is InChI=1S/C20H14BrClF3N3O2/c21-15-11-28(10-14-16(22)2-1-3-17(14)23)27-19(15)26-18(29)9-6-12-4-7-13(8-5-12)30-20(24)25/h1-9,11,20H,10H2,(H,26,27,29)/b9-6-. The van der Waals surface area contributed by atoms with Gasteiger partial charge in [-0.25, -0.2) is 4.39 Å². The second-order valence-corrected chi connectivity index (χ2v) is 7.26. The summed E-state index contributed by atoms with van der Waals surface area (Å²) in [4.78, 5) is 12.2. The van der Waals surface area contributed by atoms with E-state index in [9.17, 15) is 18.0 Å². The number of anilines is 1. The van der Waals surface area contributed by atoms with E-state index < -0.39 is 18.3 Å². The Kier molecular flexibility index (Phi) is 7.17. The maximum Gasteiger partial charge on any atom is 0.387 e. The van der Waals surface area contributed by atoms with Gasteiger partial charge in [-0.05, 0) is 51.8 Å². The van der Waals surface area contributed by atoms with Crippen molar-refractivity contribution in [2.24, 2.45) is 0 Å². The van der Waals surface area contributed by atoms with Gasteiger partial charge in [-0.3, -0.25) is 9.48 Å². The average molecular weight is 501 g/mol. The molecule has 1 heterocycles. The Morgan fingerprint density at radius 1 is 1.27 bits per heavy atom. The van der Waals surface area contributed by atoms with Gasteiger partial charge in [0.15, 0.2) is 5.82 Å². The van der Waals surface area contributed by atoms with Crippen molar-refractivity contribution in [3.63, 3.8) is 0 Å². The van der Waals surface area contributed by atoms with E-state index in [1.165, 1.54) is 53.2 Å². The number of rotatable bonds is 7. The number of benzene rings is 2. The number of amides is 1. The average Bonchev–Trinajstić information content (AvgIpc) is 3.03. The van der Waals surface area contributed by atoms with Crippen LogP contribution in [0.2, 0.25) is 5.02 Å². The molecular weight excluding hydrogens is 487 g/mol. The Labute approximate surface area is 183 Å². The summed E-state index contributed by atoms with van der Waals surface area (Å²) < 4.78 is 44.5. The Balaban J connectivity index is 1.63. The van der Waals surface area contributed by atoms with Crippen LogP contribution in [-0.2, 0) is 11.3 Å². The van der Waals surface area contributed by atoms with Gasteiger partial charge in [-0.15, -0.1) is 0 Å². The lowest BCUT2D eigenvalue weighted by molar-refractivity contribution is -0.111. The summed E-state index contributed by atoms with van der Waals surface area (Å²) >= 11 is 9.32. The van der Waals surface area contributed by atoms with Crippen LogP contribution in [0.25, 0.3) is 6.08 Å². The molecule has 0 atom stereocenters. The molecule has 1 amide bonds. The smallest absolute Gasteiger partial charge is 0.387 e. The maximum absolute atomic E-state index is 13.9. The minimum Gasteiger partial charge on any atom is -0.435 e. The fourth-order valence-electron chi connectivity index (χ4n) is 2.50. The van der Waals surface area contributed by atoms with Crippen molar-refractivity contribution in [1.82, 2.24) is 9.78 Å². The van der Waals surface area contributed by atoms with Crippen molar-refractivity contribution in [3.05, 3.63) is 81.2 Å². The van der Waals surface area contributed by atoms with Gasteiger partial charge in [0, 0.05) is 22.9 Å². The number of ether oxygens (including phenoxy) is 1. The molecule has 156 valence electrons. The summed E-state index contributed by atoms with van der Waals surface area (Å²) in [6.45, 7) is -2.81. The zero-order valence-corrected chi connectivity index (χ0v) is 17.5. The third-order valence-electron chi connectivity index (χ3n) is 3.87. The van der Waals surface area contributed by atoms with Crippen molar-refractivity contribution in [3.8, 4) is 5.75 Å². The first-order chi connectivity index (χ1) is 14.3. The summed E-state index contributed by atoms with van der Waals surface area (Å²) in [7, 11) is 0. The van der Waals surface area contributed by atoms with Gasteiger partial charge in [0.2, 0.25) is 5.91 Å². The molecule has 30 heavy (non-hydrogen) atoms. The number of halogens is 5. The molecule has 1 aromatic heterocycles. The topological polar surface area (TPSA) is 56.1 Å². The summed E-state index contributed by atoms with van der Waals surface area (Å²) in [6.07, 6.45) is 4.36. The lowest BCUT2D eigenvalue weighted by atomic mass is 10.2. The molecule has 0 radical (unpaired) electrons. The second kappa shape index (κ2) is 9.82. The maximum atomic E-state index is 13.9. The molecule has 0 saturated heterocycles. The fraction of sp³-hybridized carbons (Fsp3) is 0.100. The van der Waals surface area contributed by atoms with Gasteiger partial charge in [0.05, 0.1) is 11.0 Å². The van der Waals surface area contributed by atoms with Crippen molar-refractivity contribution in [2.45, 2.75) is 13.2 Å². The second-order valence-electron chi connectivity index (χ2n) is 5.99. The van der Waals surface area contributed by atoms with E-state index in [0.717, 1.165) is 0 Å². The number of aromatic nitrogens is 2. The molecule has 10 heteroatoms. The summed E-state index contributed by atoms with van der Waals surface area (Å²) in [5, 5.41) is 7.09. The van der Waals surface area contributed by atoms with Gasteiger partial charge < -0.3 is 10.1 Å². The highest BCUT2D eigenvalue weighted by atomic mass is 79.9. The number of hydrogen-bond acceptors (Lipinski definition) is 3. The van der Waals surface area contributed by atoms with Crippen LogP contribution in [-0.4, -0.2) is 22.3 Å². The summed E-state index contributed by atoms with van der Waals surface area (Å²) in [5.41, 5.74) is 0.900.